The molecule has 4 aromatic rings. The number of carbonyl (C=O) groups excluding carboxylic acids is 2. The monoisotopic (exact) mass is 600 g/mol. The topological polar surface area (TPSA) is 58.6 Å². The number of halogens is 3. The van der Waals surface area contributed by atoms with E-state index in [2.05, 4.69) is 10.2 Å². The zero-order chi connectivity index (χ0) is 31.3. The smallest absolute Gasteiger partial charge is 0.416 e. The Balaban J connectivity index is 1.23. The van der Waals surface area contributed by atoms with Crippen LogP contribution in [-0.4, -0.2) is 31.1 Å². The van der Waals surface area contributed by atoms with Crippen LogP contribution in [0, 0.1) is 5.92 Å². The summed E-state index contributed by atoms with van der Waals surface area (Å²) < 4.78 is 44.7. The number of nitrogens with one attached hydrogen (secondary N) is 1. The quantitative estimate of drug-likeness (QED) is 0.206. The summed E-state index contributed by atoms with van der Waals surface area (Å²) in [5, 5.41) is 2.91. The lowest BCUT2D eigenvalue weighted by Gasteiger charge is -2.37. The van der Waals surface area contributed by atoms with Gasteiger partial charge >= 0.3 is 12.1 Å². The fourth-order valence-electron chi connectivity index (χ4n) is 5.78. The van der Waals surface area contributed by atoms with Gasteiger partial charge in [-0.25, -0.2) is 0 Å². The predicted octanol–water partition coefficient (Wildman–Crippen LogP) is 8.58. The van der Waals surface area contributed by atoms with Crippen molar-refractivity contribution in [3.8, 4) is 11.1 Å². The van der Waals surface area contributed by atoms with Gasteiger partial charge in [-0.1, -0.05) is 60.7 Å². The second-order valence-electron chi connectivity index (χ2n) is 11.3. The summed E-state index contributed by atoms with van der Waals surface area (Å²) in [5.41, 5.74) is 3.30. The molecule has 1 fully saturated rings. The second-order valence-corrected chi connectivity index (χ2v) is 11.3. The lowest BCUT2D eigenvalue weighted by Crippen LogP contribution is -2.38. The molecule has 5 nitrogen and oxygen atoms in total. The number of ether oxygens (including phenoxy) is 1. The molecule has 1 N–H and O–H groups in total. The third kappa shape index (κ3) is 7.30. The summed E-state index contributed by atoms with van der Waals surface area (Å²) in [6.45, 7) is 5.31. The van der Waals surface area contributed by atoms with Crippen LogP contribution in [0.15, 0.2) is 103 Å². The van der Waals surface area contributed by atoms with Crippen LogP contribution in [0.25, 0.3) is 11.1 Å². The number of nitrogens with zero attached hydrogens (tertiary/aromatic N) is 1. The summed E-state index contributed by atoms with van der Waals surface area (Å²) in [6.07, 6.45) is -2.92. The zero-order valence-electron chi connectivity index (χ0n) is 24.7. The van der Waals surface area contributed by atoms with Crippen molar-refractivity contribution < 1.29 is 27.5 Å². The predicted molar refractivity (Wildman–Crippen MR) is 167 cm³/mol. The van der Waals surface area contributed by atoms with Crippen LogP contribution >= 0.6 is 0 Å². The van der Waals surface area contributed by atoms with Crippen molar-refractivity contribution in [1.29, 1.82) is 0 Å². The first kappa shape index (κ1) is 30.9. The fraction of sp³-hybridized carbons (Fsp3) is 0.278. The van der Waals surface area contributed by atoms with Gasteiger partial charge in [0.15, 0.2) is 0 Å². The van der Waals surface area contributed by atoms with Crippen LogP contribution in [0.4, 0.5) is 24.5 Å². The maximum Gasteiger partial charge on any atom is 0.416 e. The summed E-state index contributed by atoms with van der Waals surface area (Å²) in [4.78, 5) is 28.6. The Bertz CT molecular complexity index is 1560. The molecule has 1 aliphatic rings. The van der Waals surface area contributed by atoms with Crippen molar-refractivity contribution in [3.05, 3.63) is 120 Å². The molecular formula is C36H35F3N2O3. The molecule has 0 bridgehead atoms. The first-order valence-corrected chi connectivity index (χ1v) is 14.8. The Labute approximate surface area is 255 Å². The van der Waals surface area contributed by atoms with Crippen molar-refractivity contribution >= 4 is 23.3 Å². The maximum absolute atomic E-state index is 13.2. The van der Waals surface area contributed by atoms with Gasteiger partial charge < -0.3 is 15.0 Å². The van der Waals surface area contributed by atoms with Gasteiger partial charge in [-0.3, -0.25) is 9.59 Å². The van der Waals surface area contributed by atoms with Crippen LogP contribution in [0.1, 0.15) is 54.1 Å². The summed E-state index contributed by atoms with van der Waals surface area (Å²) >= 11 is 0. The average Bonchev–Trinajstić information content (AvgIpc) is 3.02. The number of esters is 1. The number of carbonyl (C=O) groups is 2. The molecule has 44 heavy (non-hydrogen) atoms. The van der Waals surface area contributed by atoms with E-state index in [4.69, 9.17) is 4.74 Å². The third-order valence-corrected chi connectivity index (χ3v) is 7.96. The number of anilines is 2. The second kappa shape index (κ2) is 13.4. The molecule has 0 aliphatic carbocycles. The third-order valence-electron chi connectivity index (χ3n) is 7.96. The zero-order valence-corrected chi connectivity index (χ0v) is 24.7. The van der Waals surface area contributed by atoms with E-state index in [1.54, 1.807) is 24.3 Å². The Morgan fingerprint density at radius 1 is 0.818 bits per heavy atom. The number of amides is 1. The van der Waals surface area contributed by atoms with Gasteiger partial charge in [-0.2, -0.15) is 13.2 Å². The van der Waals surface area contributed by atoms with Crippen LogP contribution in [0.2, 0.25) is 0 Å². The molecule has 0 saturated carbocycles. The lowest BCUT2D eigenvalue weighted by atomic mass is 9.80. The van der Waals surface area contributed by atoms with Gasteiger partial charge in [0.05, 0.1) is 17.6 Å². The molecule has 1 atom stereocenters. The van der Waals surface area contributed by atoms with Gasteiger partial charge in [0.2, 0.25) is 0 Å². The largest absolute Gasteiger partial charge is 0.462 e. The Morgan fingerprint density at radius 2 is 1.43 bits per heavy atom. The first-order valence-electron chi connectivity index (χ1n) is 14.8. The van der Waals surface area contributed by atoms with Crippen molar-refractivity contribution in [2.75, 3.05) is 23.3 Å². The van der Waals surface area contributed by atoms with E-state index in [0.717, 1.165) is 49.3 Å². The summed E-state index contributed by atoms with van der Waals surface area (Å²) in [5.74, 6) is -0.661. The van der Waals surface area contributed by atoms with E-state index >= 15 is 0 Å². The van der Waals surface area contributed by atoms with Crippen LogP contribution < -0.4 is 10.2 Å². The lowest BCUT2D eigenvalue weighted by molar-refractivity contribution is -0.151. The Hall–Kier alpha value is -4.59. The Kier molecular flexibility index (Phi) is 9.37. The summed E-state index contributed by atoms with van der Waals surface area (Å²) in [6, 6.07) is 29.1. The van der Waals surface area contributed by atoms with E-state index in [1.807, 2.05) is 68.4 Å². The van der Waals surface area contributed by atoms with E-state index in [9.17, 15) is 22.8 Å². The molecule has 0 aromatic heterocycles. The molecule has 0 spiro atoms. The van der Waals surface area contributed by atoms with Gasteiger partial charge in [-0.15, -0.1) is 0 Å². The molecule has 5 rings (SSSR count). The van der Waals surface area contributed by atoms with Crippen molar-refractivity contribution in [1.82, 2.24) is 0 Å². The van der Waals surface area contributed by atoms with Gasteiger partial charge in [0.1, 0.15) is 0 Å². The van der Waals surface area contributed by atoms with Crippen molar-refractivity contribution in [3.63, 3.8) is 0 Å². The molecule has 228 valence electrons. The van der Waals surface area contributed by atoms with Gasteiger partial charge in [-0.05, 0) is 91.8 Å². The maximum atomic E-state index is 13.2. The molecule has 1 heterocycles. The van der Waals surface area contributed by atoms with E-state index < -0.39 is 11.7 Å². The van der Waals surface area contributed by atoms with E-state index in [1.165, 1.54) is 12.1 Å². The van der Waals surface area contributed by atoms with Crippen molar-refractivity contribution in [2.24, 2.45) is 5.92 Å². The standard InChI is InChI=1S/C36H35F3N2O3/c1-24(2)44-35(43)33(26-8-4-3-5-9-26)27-20-22-41(23-21-27)30-18-16-29(17-19-30)40-34(42)32-11-7-6-10-31(32)25-12-14-28(15-13-25)36(37,38)39/h3-19,24,27,33H,20-23H2,1-2H3,(H,40,42). The number of piperidine rings is 1. The molecular weight excluding hydrogens is 565 g/mol. The van der Waals surface area contributed by atoms with E-state index in [-0.39, 0.29) is 29.8 Å². The highest BCUT2D eigenvalue weighted by molar-refractivity contribution is 6.08. The fourth-order valence-corrected chi connectivity index (χ4v) is 5.78. The number of alkyl halides is 3. The average molecular weight is 601 g/mol. The number of hydrogen-bond donors (Lipinski definition) is 1. The molecule has 1 amide bonds. The van der Waals surface area contributed by atoms with E-state index in [0.29, 0.717) is 22.4 Å². The SMILES string of the molecule is CC(C)OC(=O)C(c1ccccc1)C1CCN(c2ccc(NC(=O)c3ccccc3-c3ccc(C(F)(F)F)cc3)cc2)CC1. The van der Waals surface area contributed by atoms with Gasteiger partial charge in [0, 0.05) is 30.0 Å². The van der Waals surface area contributed by atoms with Crippen LogP contribution in [0.5, 0.6) is 0 Å². The molecule has 1 aliphatic heterocycles. The first-order chi connectivity index (χ1) is 21.1. The highest BCUT2D eigenvalue weighted by Gasteiger charge is 2.34. The van der Waals surface area contributed by atoms with Crippen LogP contribution in [0.3, 0.4) is 0 Å². The normalized spacial score (nSPS) is 14.7. The molecule has 1 unspecified atom stereocenters. The molecule has 4 aromatic carbocycles. The van der Waals surface area contributed by atoms with Crippen LogP contribution in [-0.2, 0) is 15.7 Å². The number of benzene rings is 4. The minimum Gasteiger partial charge on any atom is -0.462 e. The number of hydrogen-bond acceptors (Lipinski definition) is 4. The highest BCUT2D eigenvalue weighted by atomic mass is 19.4. The van der Waals surface area contributed by atoms with Crippen molar-refractivity contribution in [2.45, 2.75) is 44.9 Å². The molecule has 8 heteroatoms. The minimum atomic E-state index is -4.43. The minimum absolute atomic E-state index is 0.170. The molecule has 0 radical (unpaired) electrons. The highest BCUT2D eigenvalue weighted by Crippen LogP contribution is 2.36. The molecule has 1 saturated heterocycles. The number of rotatable bonds is 8. The Morgan fingerprint density at radius 3 is 2.05 bits per heavy atom. The summed E-state index contributed by atoms with van der Waals surface area (Å²) in [7, 11) is 0. The van der Waals surface area contributed by atoms with Gasteiger partial charge in [0.25, 0.3) is 5.91 Å².